The van der Waals surface area contributed by atoms with Crippen LogP contribution in [0.15, 0.2) is 24.5 Å². The van der Waals surface area contributed by atoms with Crippen molar-refractivity contribution in [1.82, 2.24) is 25.1 Å². The smallest absolute Gasteiger partial charge is 0.405 e. The summed E-state index contributed by atoms with van der Waals surface area (Å²) in [4.78, 5) is 22.6. The highest BCUT2D eigenvalue weighted by Gasteiger charge is 2.49. The second kappa shape index (κ2) is 7.68. The molecule has 8 nitrogen and oxygen atoms in total. The lowest BCUT2D eigenvalue weighted by atomic mass is 9.57. The van der Waals surface area contributed by atoms with Crippen LogP contribution >= 0.6 is 0 Å². The topological polar surface area (TPSA) is 96.2 Å². The normalized spacial score (nSPS) is 26.0. The predicted molar refractivity (Wildman–Crippen MR) is 130 cm³/mol. The van der Waals surface area contributed by atoms with Crippen molar-refractivity contribution in [1.29, 1.82) is 0 Å². The Morgan fingerprint density at radius 1 is 1.18 bits per heavy atom. The van der Waals surface area contributed by atoms with E-state index in [4.69, 9.17) is 5.10 Å². The van der Waals surface area contributed by atoms with Crippen molar-refractivity contribution in [2.45, 2.75) is 77.4 Å². The Balaban J connectivity index is 1.24. The molecule has 0 saturated heterocycles. The van der Waals surface area contributed by atoms with Crippen LogP contribution in [0.2, 0.25) is 0 Å². The number of aryl methyl sites for hydroxylation is 2. The molecule has 3 saturated carbocycles. The summed E-state index contributed by atoms with van der Waals surface area (Å²) in [6.07, 6.45) is 9.83. The van der Waals surface area contributed by atoms with E-state index in [1.165, 1.54) is 16.9 Å². The Labute approximate surface area is 199 Å². The quantitative estimate of drug-likeness (QED) is 0.600. The number of nitrogens with zero attached hydrogens (tertiary/aromatic N) is 5. The molecule has 0 aromatic carbocycles. The monoisotopic (exact) mass is 460 g/mol. The fourth-order valence-electron chi connectivity index (χ4n) is 6.68. The van der Waals surface area contributed by atoms with E-state index in [2.05, 4.69) is 43.9 Å². The summed E-state index contributed by atoms with van der Waals surface area (Å²) in [6.45, 7) is 6.95. The molecule has 1 amide bonds. The number of hydrogen-bond donors (Lipinski definition) is 2. The van der Waals surface area contributed by atoms with Gasteiger partial charge in [-0.1, -0.05) is 0 Å². The van der Waals surface area contributed by atoms with Crippen molar-refractivity contribution in [2.24, 2.45) is 5.41 Å². The summed E-state index contributed by atoms with van der Waals surface area (Å²) in [6, 6.07) is 4.25. The van der Waals surface area contributed by atoms with Crippen molar-refractivity contribution in [3.8, 4) is 0 Å². The highest BCUT2D eigenvalue weighted by Crippen LogP contribution is 2.53. The first-order valence-electron chi connectivity index (χ1n) is 12.4. The number of hydrogen-bond acceptors (Lipinski definition) is 5. The lowest BCUT2D eigenvalue weighted by molar-refractivity contribution is 0.00945. The van der Waals surface area contributed by atoms with E-state index in [0.717, 1.165) is 86.9 Å². The second-order valence-corrected chi connectivity index (χ2v) is 10.7. The predicted octanol–water partition coefficient (Wildman–Crippen LogP) is 4.37. The summed E-state index contributed by atoms with van der Waals surface area (Å²) in [5, 5.41) is 18.3. The summed E-state index contributed by atoms with van der Waals surface area (Å²) in [5.74, 6) is 0. The molecule has 0 spiro atoms. The number of carboxylic acid groups (broad SMARTS) is 1. The molecule has 4 heterocycles. The third-order valence-electron chi connectivity index (χ3n) is 8.65. The van der Waals surface area contributed by atoms with Gasteiger partial charge in [-0.05, 0) is 69.9 Å². The Kier molecular flexibility index (Phi) is 4.83. The third-order valence-corrected chi connectivity index (χ3v) is 8.65. The number of carbonyl (C=O) groups is 1. The summed E-state index contributed by atoms with van der Waals surface area (Å²) < 4.78 is 2.30. The van der Waals surface area contributed by atoms with Crippen LogP contribution in [-0.2, 0) is 19.5 Å². The van der Waals surface area contributed by atoms with E-state index in [-0.39, 0.29) is 11.0 Å². The molecule has 2 bridgehead atoms. The van der Waals surface area contributed by atoms with Gasteiger partial charge in [-0.25, -0.2) is 4.79 Å². The molecule has 0 unspecified atom stereocenters. The lowest BCUT2D eigenvalue weighted by Gasteiger charge is -2.53. The third kappa shape index (κ3) is 3.51. The van der Waals surface area contributed by atoms with E-state index in [0.29, 0.717) is 0 Å². The molecular weight excluding hydrogens is 428 g/mol. The summed E-state index contributed by atoms with van der Waals surface area (Å²) in [5.41, 5.74) is 7.09. The van der Waals surface area contributed by atoms with Crippen molar-refractivity contribution in [3.05, 3.63) is 47.2 Å². The van der Waals surface area contributed by atoms with Gasteiger partial charge < -0.3 is 15.3 Å². The number of aromatic nitrogens is 4. The van der Waals surface area contributed by atoms with Crippen LogP contribution in [-0.4, -0.2) is 43.0 Å². The van der Waals surface area contributed by atoms with Gasteiger partial charge in [0, 0.05) is 65.8 Å². The van der Waals surface area contributed by atoms with Gasteiger partial charge in [0.25, 0.3) is 0 Å². The number of rotatable bonds is 4. The van der Waals surface area contributed by atoms with Gasteiger partial charge in [-0.2, -0.15) is 5.10 Å². The number of nitrogens with one attached hydrogen (secondary N) is 1. The molecule has 3 aliphatic carbocycles. The first-order valence-corrected chi connectivity index (χ1v) is 12.4. The van der Waals surface area contributed by atoms with Gasteiger partial charge in [0.2, 0.25) is 0 Å². The summed E-state index contributed by atoms with van der Waals surface area (Å²) in [7, 11) is 0. The van der Waals surface area contributed by atoms with E-state index < -0.39 is 6.09 Å². The van der Waals surface area contributed by atoms with Crippen LogP contribution in [0.5, 0.6) is 0 Å². The van der Waals surface area contributed by atoms with Gasteiger partial charge in [-0.3, -0.25) is 14.6 Å². The molecule has 34 heavy (non-hydrogen) atoms. The maximum absolute atomic E-state index is 11.3. The Bertz CT molecular complexity index is 1260. The molecule has 4 aliphatic rings. The van der Waals surface area contributed by atoms with Crippen LogP contribution in [0.25, 0.3) is 10.9 Å². The minimum atomic E-state index is -0.885. The maximum atomic E-state index is 11.3. The Hall–Kier alpha value is -3.16. The van der Waals surface area contributed by atoms with Gasteiger partial charge in [0.15, 0.2) is 0 Å². The van der Waals surface area contributed by atoms with E-state index >= 15 is 0 Å². The fourth-order valence-corrected chi connectivity index (χ4v) is 6.68. The molecule has 0 radical (unpaired) electrons. The zero-order valence-corrected chi connectivity index (χ0v) is 20.0. The molecule has 2 N–H and O–H groups in total. The van der Waals surface area contributed by atoms with Crippen molar-refractivity contribution < 1.29 is 9.90 Å². The first-order chi connectivity index (χ1) is 16.4. The molecule has 3 aromatic heterocycles. The molecular formula is C26H32N6O2. The van der Waals surface area contributed by atoms with Gasteiger partial charge in [-0.15, -0.1) is 0 Å². The zero-order valence-electron chi connectivity index (χ0n) is 20.0. The largest absolute Gasteiger partial charge is 0.465 e. The molecule has 7 rings (SSSR count). The molecule has 1 aliphatic heterocycles. The average Bonchev–Trinajstić information content (AvgIpc) is 3.13. The Morgan fingerprint density at radius 2 is 1.94 bits per heavy atom. The summed E-state index contributed by atoms with van der Waals surface area (Å²) >= 11 is 0. The molecule has 3 aromatic rings. The van der Waals surface area contributed by atoms with Crippen molar-refractivity contribution >= 4 is 22.7 Å². The minimum absolute atomic E-state index is 0.200. The molecule has 0 atom stereocenters. The fraction of sp³-hybridized carbons (Fsp3) is 0.538. The van der Waals surface area contributed by atoms with Crippen LogP contribution in [0.4, 0.5) is 10.5 Å². The van der Waals surface area contributed by atoms with Crippen LogP contribution < -0.4 is 10.2 Å². The molecule has 178 valence electrons. The minimum Gasteiger partial charge on any atom is -0.465 e. The Morgan fingerprint density at radius 3 is 2.68 bits per heavy atom. The van der Waals surface area contributed by atoms with E-state index in [9.17, 15) is 9.90 Å². The standard InChI is InChI=1S/C26H32N6O2/c1-17-13-23(19-3-11-27-14-21(19)28-17)31-12-4-22-20(15-31)18(2)30-32(22)16-25-5-8-26(9-6-25,10-7-25)29-24(33)34/h3,11,13-14,29H,4-10,12,15-16H2,1-2H3,(H,33,34). The number of anilines is 1. The lowest BCUT2D eigenvalue weighted by Crippen LogP contribution is -2.57. The number of amides is 1. The highest BCUT2D eigenvalue weighted by atomic mass is 16.4. The van der Waals surface area contributed by atoms with Gasteiger partial charge >= 0.3 is 6.09 Å². The van der Waals surface area contributed by atoms with Crippen LogP contribution in [0.3, 0.4) is 0 Å². The van der Waals surface area contributed by atoms with Crippen molar-refractivity contribution in [2.75, 3.05) is 11.4 Å². The van der Waals surface area contributed by atoms with Gasteiger partial charge in [0.05, 0.1) is 17.4 Å². The van der Waals surface area contributed by atoms with Gasteiger partial charge in [0.1, 0.15) is 0 Å². The van der Waals surface area contributed by atoms with E-state index in [1.54, 1.807) is 0 Å². The first kappa shape index (κ1) is 21.4. The number of pyridine rings is 2. The number of fused-ring (bicyclic) bond motifs is 5. The molecule has 8 heteroatoms. The average molecular weight is 461 g/mol. The molecule has 3 fully saturated rings. The second-order valence-electron chi connectivity index (χ2n) is 10.7. The van der Waals surface area contributed by atoms with Crippen LogP contribution in [0, 0.1) is 19.3 Å². The van der Waals surface area contributed by atoms with Crippen molar-refractivity contribution in [3.63, 3.8) is 0 Å². The van der Waals surface area contributed by atoms with Crippen LogP contribution in [0.1, 0.15) is 61.2 Å². The zero-order chi connectivity index (χ0) is 23.5. The SMILES string of the molecule is Cc1cc(N2CCc3c(c(C)nn3CC34CCC(NC(=O)O)(CC3)CC4)C2)c2ccncc2n1. The van der Waals surface area contributed by atoms with E-state index in [1.807, 2.05) is 19.3 Å². The highest BCUT2D eigenvalue weighted by molar-refractivity contribution is 5.91. The maximum Gasteiger partial charge on any atom is 0.405 e.